The SMILES string of the molecule is CS(=O)(=O)NC1CCCC1CNC(=O)CC1CCCN1. The second-order valence-corrected chi connectivity index (χ2v) is 7.77. The summed E-state index contributed by atoms with van der Waals surface area (Å²) in [6.45, 7) is 1.57. The molecule has 0 radical (unpaired) electrons. The number of sulfonamides is 1. The van der Waals surface area contributed by atoms with Crippen LogP contribution in [0.1, 0.15) is 38.5 Å². The standard InChI is InChI=1S/C13H25N3O3S/c1-20(18,19)16-12-6-2-4-10(12)9-15-13(17)8-11-5-3-7-14-11/h10-12,14,16H,2-9H2,1H3,(H,15,17). The Morgan fingerprint density at radius 3 is 2.70 bits per heavy atom. The van der Waals surface area contributed by atoms with E-state index < -0.39 is 10.0 Å². The lowest BCUT2D eigenvalue weighted by Crippen LogP contribution is -2.42. The maximum Gasteiger partial charge on any atom is 0.221 e. The van der Waals surface area contributed by atoms with E-state index >= 15 is 0 Å². The van der Waals surface area contributed by atoms with Crippen molar-refractivity contribution in [1.82, 2.24) is 15.4 Å². The number of carbonyl (C=O) groups excluding carboxylic acids is 1. The van der Waals surface area contributed by atoms with E-state index in [0.717, 1.165) is 38.6 Å². The smallest absolute Gasteiger partial charge is 0.221 e. The van der Waals surface area contributed by atoms with Gasteiger partial charge in [0.2, 0.25) is 15.9 Å². The Kier molecular flexibility index (Phi) is 5.40. The number of hydrogen-bond donors (Lipinski definition) is 3. The number of carbonyl (C=O) groups is 1. The highest BCUT2D eigenvalue weighted by Gasteiger charge is 2.29. The van der Waals surface area contributed by atoms with Gasteiger partial charge in [-0.2, -0.15) is 0 Å². The molecule has 1 aliphatic heterocycles. The van der Waals surface area contributed by atoms with E-state index in [2.05, 4.69) is 15.4 Å². The third-order valence-corrected chi connectivity index (χ3v) is 4.91. The molecule has 2 aliphatic rings. The van der Waals surface area contributed by atoms with E-state index in [-0.39, 0.29) is 17.9 Å². The zero-order valence-electron chi connectivity index (χ0n) is 12.0. The largest absolute Gasteiger partial charge is 0.356 e. The van der Waals surface area contributed by atoms with E-state index in [1.165, 1.54) is 6.26 Å². The molecule has 116 valence electrons. The fraction of sp³-hybridized carbons (Fsp3) is 0.923. The molecule has 7 heteroatoms. The van der Waals surface area contributed by atoms with Crippen molar-refractivity contribution in [2.45, 2.75) is 50.6 Å². The summed E-state index contributed by atoms with van der Waals surface area (Å²) in [6.07, 6.45) is 6.75. The van der Waals surface area contributed by atoms with Crippen LogP contribution >= 0.6 is 0 Å². The normalized spacial score (nSPS) is 30.6. The van der Waals surface area contributed by atoms with Gasteiger partial charge in [0.1, 0.15) is 0 Å². The summed E-state index contributed by atoms with van der Waals surface area (Å²) < 4.78 is 25.3. The molecule has 0 bridgehead atoms. The van der Waals surface area contributed by atoms with Gasteiger partial charge in [0.15, 0.2) is 0 Å². The van der Waals surface area contributed by atoms with Crippen LogP contribution in [0, 0.1) is 5.92 Å². The minimum atomic E-state index is -3.17. The highest BCUT2D eigenvalue weighted by molar-refractivity contribution is 7.88. The highest BCUT2D eigenvalue weighted by atomic mass is 32.2. The van der Waals surface area contributed by atoms with Gasteiger partial charge in [0.05, 0.1) is 6.26 Å². The van der Waals surface area contributed by atoms with E-state index in [0.29, 0.717) is 19.0 Å². The van der Waals surface area contributed by atoms with Crippen molar-refractivity contribution in [2.75, 3.05) is 19.3 Å². The zero-order valence-corrected chi connectivity index (χ0v) is 12.8. The first-order chi connectivity index (χ1) is 9.44. The minimum Gasteiger partial charge on any atom is -0.356 e. The predicted molar refractivity (Wildman–Crippen MR) is 77.8 cm³/mol. The Bertz CT molecular complexity index is 432. The van der Waals surface area contributed by atoms with Crippen molar-refractivity contribution in [3.05, 3.63) is 0 Å². The third-order valence-electron chi connectivity index (χ3n) is 4.18. The minimum absolute atomic E-state index is 0.0325. The molecule has 20 heavy (non-hydrogen) atoms. The fourth-order valence-corrected chi connectivity index (χ4v) is 4.04. The van der Waals surface area contributed by atoms with Gasteiger partial charge < -0.3 is 10.6 Å². The second-order valence-electron chi connectivity index (χ2n) is 5.99. The molecule has 0 aromatic rings. The summed E-state index contributed by atoms with van der Waals surface area (Å²) in [5, 5.41) is 6.26. The summed E-state index contributed by atoms with van der Waals surface area (Å²) in [5.41, 5.74) is 0. The maximum atomic E-state index is 11.9. The summed E-state index contributed by atoms with van der Waals surface area (Å²) in [7, 11) is -3.17. The first-order valence-corrected chi connectivity index (χ1v) is 9.30. The molecule has 0 aromatic heterocycles. The molecule has 2 fully saturated rings. The lowest BCUT2D eigenvalue weighted by Gasteiger charge is -2.20. The van der Waals surface area contributed by atoms with Crippen LogP contribution in [-0.2, 0) is 14.8 Å². The molecular weight excluding hydrogens is 278 g/mol. The van der Waals surface area contributed by atoms with Crippen LogP contribution in [0.5, 0.6) is 0 Å². The van der Waals surface area contributed by atoms with Gasteiger partial charge in [-0.1, -0.05) is 6.42 Å². The number of hydrogen-bond acceptors (Lipinski definition) is 4. The number of rotatable bonds is 6. The first-order valence-electron chi connectivity index (χ1n) is 7.41. The van der Waals surface area contributed by atoms with Crippen molar-refractivity contribution in [3.63, 3.8) is 0 Å². The molecule has 3 atom stereocenters. The Hall–Kier alpha value is -0.660. The summed E-state index contributed by atoms with van der Waals surface area (Å²) >= 11 is 0. The van der Waals surface area contributed by atoms with Gasteiger partial charge >= 0.3 is 0 Å². The molecule has 3 N–H and O–H groups in total. The average Bonchev–Trinajstić information content (AvgIpc) is 2.96. The monoisotopic (exact) mass is 303 g/mol. The molecule has 0 spiro atoms. The van der Waals surface area contributed by atoms with Gasteiger partial charge in [-0.05, 0) is 38.1 Å². The molecule has 1 aliphatic carbocycles. The van der Waals surface area contributed by atoms with Crippen LogP contribution in [-0.4, -0.2) is 45.8 Å². The summed E-state index contributed by atoms with van der Waals surface area (Å²) in [6, 6.07) is 0.276. The number of amides is 1. The Morgan fingerprint density at radius 2 is 2.05 bits per heavy atom. The maximum absolute atomic E-state index is 11.9. The molecule has 1 amide bonds. The molecule has 3 unspecified atom stereocenters. The van der Waals surface area contributed by atoms with Crippen molar-refractivity contribution >= 4 is 15.9 Å². The quantitative estimate of drug-likeness (QED) is 0.643. The van der Waals surface area contributed by atoms with Crippen LogP contribution in [0.25, 0.3) is 0 Å². The lowest BCUT2D eigenvalue weighted by molar-refractivity contribution is -0.121. The van der Waals surface area contributed by atoms with Gasteiger partial charge in [0.25, 0.3) is 0 Å². The lowest BCUT2D eigenvalue weighted by atomic mass is 10.0. The van der Waals surface area contributed by atoms with Crippen molar-refractivity contribution in [3.8, 4) is 0 Å². The second kappa shape index (κ2) is 6.87. The molecule has 1 saturated heterocycles. The van der Waals surface area contributed by atoms with Crippen LogP contribution in [0.4, 0.5) is 0 Å². The summed E-state index contributed by atoms with van der Waals surface area (Å²) in [4.78, 5) is 11.9. The third kappa shape index (κ3) is 5.03. The topological polar surface area (TPSA) is 87.3 Å². The zero-order chi connectivity index (χ0) is 14.6. The van der Waals surface area contributed by atoms with Gasteiger partial charge in [-0.25, -0.2) is 13.1 Å². The molecular formula is C13H25N3O3S. The highest BCUT2D eigenvalue weighted by Crippen LogP contribution is 2.25. The Balaban J connectivity index is 1.73. The Morgan fingerprint density at radius 1 is 1.25 bits per heavy atom. The van der Waals surface area contributed by atoms with Crippen LogP contribution in [0.15, 0.2) is 0 Å². The Labute approximate surface area is 121 Å². The van der Waals surface area contributed by atoms with E-state index in [4.69, 9.17) is 0 Å². The van der Waals surface area contributed by atoms with E-state index in [1.807, 2.05) is 0 Å². The average molecular weight is 303 g/mol. The fourth-order valence-electron chi connectivity index (χ4n) is 3.18. The predicted octanol–water partition coefficient (Wildman–Crippen LogP) is -0.0374. The van der Waals surface area contributed by atoms with Crippen LogP contribution in [0.2, 0.25) is 0 Å². The van der Waals surface area contributed by atoms with Gasteiger partial charge in [0, 0.05) is 25.0 Å². The van der Waals surface area contributed by atoms with E-state index in [1.54, 1.807) is 0 Å². The van der Waals surface area contributed by atoms with Crippen molar-refractivity contribution in [2.24, 2.45) is 5.92 Å². The molecule has 2 rings (SSSR count). The molecule has 6 nitrogen and oxygen atoms in total. The van der Waals surface area contributed by atoms with E-state index in [9.17, 15) is 13.2 Å². The molecule has 1 saturated carbocycles. The van der Waals surface area contributed by atoms with Crippen molar-refractivity contribution in [1.29, 1.82) is 0 Å². The van der Waals surface area contributed by atoms with Crippen LogP contribution < -0.4 is 15.4 Å². The first kappa shape index (κ1) is 15.7. The number of nitrogens with one attached hydrogen (secondary N) is 3. The summed E-state index contributed by atoms with van der Waals surface area (Å²) in [5.74, 6) is 0.277. The van der Waals surface area contributed by atoms with Gasteiger partial charge in [-0.15, -0.1) is 0 Å². The molecule has 0 aromatic carbocycles. The molecule has 1 heterocycles. The van der Waals surface area contributed by atoms with Crippen molar-refractivity contribution < 1.29 is 13.2 Å². The van der Waals surface area contributed by atoms with Gasteiger partial charge in [-0.3, -0.25) is 4.79 Å². The van der Waals surface area contributed by atoms with Crippen LogP contribution in [0.3, 0.4) is 0 Å².